The quantitative estimate of drug-likeness (QED) is 0.468. The molecular formula is C6H5F4O3S2-. The van der Waals surface area contributed by atoms with E-state index < -0.39 is 45.6 Å². The van der Waals surface area contributed by atoms with Gasteiger partial charge in [0.15, 0.2) is 18.5 Å². The summed E-state index contributed by atoms with van der Waals surface area (Å²) in [5.41, 5.74) is 0. The Morgan fingerprint density at radius 3 is 2.27 bits per heavy atom. The highest BCUT2D eigenvalue weighted by Gasteiger charge is 2.47. The lowest BCUT2D eigenvalue weighted by Crippen LogP contribution is -2.43. The molecule has 0 aromatic heterocycles. The first kappa shape index (κ1) is 12.9. The fourth-order valence-electron chi connectivity index (χ4n) is 1.17. The lowest BCUT2D eigenvalue weighted by molar-refractivity contribution is 0.134. The first-order valence-electron chi connectivity index (χ1n) is 3.63. The number of alkyl halides is 3. The van der Waals surface area contributed by atoms with E-state index in [4.69, 9.17) is 4.55 Å². The van der Waals surface area contributed by atoms with E-state index in [9.17, 15) is 26.3 Å². The van der Waals surface area contributed by atoms with E-state index in [2.05, 4.69) is 0 Å². The molecule has 0 spiro atoms. The first-order valence-corrected chi connectivity index (χ1v) is 5.54. The molecule has 9 heteroatoms. The van der Waals surface area contributed by atoms with Gasteiger partial charge in [0.05, 0.1) is 4.91 Å². The zero-order chi connectivity index (χ0) is 11.7. The highest BCUT2D eigenvalue weighted by molar-refractivity contribution is 7.94. The van der Waals surface area contributed by atoms with Crippen molar-refractivity contribution < 1.29 is 30.9 Å². The van der Waals surface area contributed by atoms with Crippen LogP contribution in [0.1, 0.15) is 0 Å². The van der Waals surface area contributed by atoms with Crippen LogP contribution in [-0.2, 0) is 11.1 Å². The molecule has 0 aliphatic heterocycles. The Balaban J connectivity index is 3.16. The third-order valence-corrected chi connectivity index (χ3v) is 3.43. The smallest absolute Gasteiger partial charge is 0.169 e. The van der Waals surface area contributed by atoms with Gasteiger partial charge in [0.2, 0.25) is 0 Å². The van der Waals surface area contributed by atoms with Gasteiger partial charge in [-0.25, -0.2) is 17.6 Å². The van der Waals surface area contributed by atoms with Crippen molar-refractivity contribution in [2.75, 3.05) is 0 Å². The van der Waals surface area contributed by atoms with Crippen LogP contribution in [0, 0.1) is 0 Å². The number of rotatable bonds is 2. The third-order valence-electron chi connectivity index (χ3n) is 1.91. The van der Waals surface area contributed by atoms with Gasteiger partial charge in [-0.15, -0.1) is 0 Å². The van der Waals surface area contributed by atoms with Crippen molar-refractivity contribution in [1.82, 2.24) is 0 Å². The summed E-state index contributed by atoms with van der Waals surface area (Å²) < 4.78 is 81.0. The van der Waals surface area contributed by atoms with Crippen molar-refractivity contribution in [2.45, 2.75) is 23.8 Å². The average molecular weight is 265 g/mol. The highest BCUT2D eigenvalue weighted by Crippen LogP contribution is 2.38. The Hall–Kier alpha value is -0.120. The molecule has 1 N–H and O–H groups in total. The molecule has 5 atom stereocenters. The second-order valence-electron chi connectivity index (χ2n) is 2.76. The number of allylic oxidation sites excluding steroid dienone is 2. The molecule has 0 amide bonds. The molecule has 1 rings (SSSR count). The summed E-state index contributed by atoms with van der Waals surface area (Å²) in [6.07, 6.45) is -8.07. The molecule has 0 heterocycles. The summed E-state index contributed by atoms with van der Waals surface area (Å²) in [6, 6.07) is 0. The lowest BCUT2D eigenvalue weighted by atomic mass is 10.0. The van der Waals surface area contributed by atoms with Gasteiger partial charge in [-0.2, -0.15) is 0 Å². The minimum absolute atomic E-state index is 0.382. The van der Waals surface area contributed by atoms with E-state index in [0.29, 0.717) is 0 Å². The van der Waals surface area contributed by atoms with Gasteiger partial charge in [0.25, 0.3) is 0 Å². The molecule has 0 aromatic carbocycles. The van der Waals surface area contributed by atoms with Crippen LogP contribution in [0.25, 0.3) is 0 Å². The summed E-state index contributed by atoms with van der Waals surface area (Å²) >= 11 is -3.74. The summed E-state index contributed by atoms with van der Waals surface area (Å²) in [5.74, 6) is -1.89. The van der Waals surface area contributed by atoms with Crippen LogP contribution in [0.15, 0.2) is 10.7 Å². The van der Waals surface area contributed by atoms with Crippen molar-refractivity contribution in [2.24, 2.45) is 0 Å². The van der Waals surface area contributed by atoms with Crippen molar-refractivity contribution in [3.8, 4) is 0 Å². The van der Waals surface area contributed by atoms with Gasteiger partial charge in [-0.3, -0.25) is 4.21 Å². The number of halogens is 4. The fraction of sp³-hybridized carbons (Fsp3) is 0.667. The Morgan fingerprint density at radius 1 is 1.33 bits per heavy atom. The molecule has 0 radical (unpaired) electrons. The second kappa shape index (κ2) is 4.81. The van der Waals surface area contributed by atoms with Gasteiger partial charge >= 0.3 is 0 Å². The van der Waals surface area contributed by atoms with Crippen LogP contribution in [-0.4, -0.2) is 37.1 Å². The predicted molar refractivity (Wildman–Crippen MR) is 45.7 cm³/mol. The molecule has 0 saturated heterocycles. The van der Waals surface area contributed by atoms with Crippen molar-refractivity contribution >= 4 is 23.1 Å². The van der Waals surface area contributed by atoms with Crippen molar-refractivity contribution in [3.63, 3.8) is 0 Å². The standard InChI is InChI=1S/C6H6F4O3S2/c7-1-3(9)6(15(12)13)4(10)2(8)5(1)14-11/h1-3,5,11H,(H,12,13)/p-1. The largest absolute Gasteiger partial charge is 0.768 e. The zero-order valence-corrected chi connectivity index (χ0v) is 8.53. The zero-order valence-electron chi connectivity index (χ0n) is 6.90. The molecule has 5 unspecified atom stereocenters. The summed E-state index contributed by atoms with van der Waals surface area (Å²) in [4.78, 5) is -1.56. The molecule has 15 heavy (non-hydrogen) atoms. The maximum Gasteiger partial charge on any atom is 0.169 e. The molecule has 0 fully saturated rings. The Labute approximate surface area is 89.0 Å². The van der Waals surface area contributed by atoms with E-state index in [1.807, 2.05) is 0 Å². The molecule has 0 bridgehead atoms. The molecule has 88 valence electrons. The van der Waals surface area contributed by atoms with Crippen molar-refractivity contribution in [3.05, 3.63) is 10.7 Å². The minimum atomic E-state index is -3.36. The lowest BCUT2D eigenvalue weighted by Gasteiger charge is -2.31. The number of hydrogen-bond donors (Lipinski definition) is 1. The van der Waals surface area contributed by atoms with Crippen LogP contribution in [0.4, 0.5) is 17.6 Å². The van der Waals surface area contributed by atoms with Crippen LogP contribution >= 0.6 is 12.0 Å². The van der Waals surface area contributed by atoms with Crippen LogP contribution in [0.5, 0.6) is 0 Å². The van der Waals surface area contributed by atoms with Gasteiger partial charge in [-0.1, -0.05) is 0 Å². The first-order chi connectivity index (χ1) is 6.91. The van der Waals surface area contributed by atoms with Crippen molar-refractivity contribution in [1.29, 1.82) is 0 Å². The predicted octanol–water partition coefficient (Wildman–Crippen LogP) is 1.65. The average Bonchev–Trinajstić information content (AvgIpc) is 2.16. The minimum Gasteiger partial charge on any atom is -0.768 e. The normalized spacial score (nSPS) is 39.3. The third kappa shape index (κ3) is 2.19. The molecule has 1 aliphatic rings. The van der Waals surface area contributed by atoms with Gasteiger partial charge < -0.3 is 9.11 Å². The maximum atomic E-state index is 13.0. The van der Waals surface area contributed by atoms with Gasteiger partial charge in [0.1, 0.15) is 11.1 Å². The summed E-state index contributed by atoms with van der Waals surface area (Å²) in [5, 5.41) is -1.99. The molecule has 0 saturated carbocycles. The Morgan fingerprint density at radius 2 is 1.87 bits per heavy atom. The van der Waals surface area contributed by atoms with Gasteiger partial charge in [-0.05, 0) is 23.1 Å². The summed E-state index contributed by atoms with van der Waals surface area (Å²) in [6.45, 7) is 0. The van der Waals surface area contributed by atoms with Crippen LogP contribution in [0.2, 0.25) is 0 Å². The van der Waals surface area contributed by atoms with Gasteiger partial charge in [0, 0.05) is 0 Å². The second-order valence-corrected chi connectivity index (χ2v) is 4.43. The molecule has 3 nitrogen and oxygen atoms in total. The SMILES string of the molecule is O=S([O-])C1=C(F)C(F)C(SO)C(F)C1F. The van der Waals surface area contributed by atoms with E-state index in [0.717, 1.165) is 0 Å². The maximum absolute atomic E-state index is 13.0. The number of hydrogen-bond acceptors (Lipinski definition) is 4. The topological polar surface area (TPSA) is 60.4 Å². The van der Waals surface area contributed by atoms with Crippen LogP contribution < -0.4 is 0 Å². The molecule has 0 aromatic rings. The van der Waals surface area contributed by atoms with E-state index in [1.54, 1.807) is 0 Å². The van der Waals surface area contributed by atoms with Crippen LogP contribution in [0.3, 0.4) is 0 Å². The van der Waals surface area contributed by atoms with E-state index in [1.165, 1.54) is 0 Å². The molecule has 1 aliphatic carbocycles. The van der Waals surface area contributed by atoms with E-state index in [-0.39, 0.29) is 12.0 Å². The summed E-state index contributed by atoms with van der Waals surface area (Å²) in [7, 11) is 0. The Kier molecular flexibility index (Phi) is 4.15. The molecular weight excluding hydrogens is 260 g/mol. The highest BCUT2D eigenvalue weighted by atomic mass is 32.2. The van der Waals surface area contributed by atoms with E-state index >= 15 is 0 Å². The fourth-order valence-corrected chi connectivity index (χ4v) is 2.23. The monoisotopic (exact) mass is 265 g/mol. The Bertz CT molecular complexity index is 311.